The van der Waals surface area contributed by atoms with E-state index in [-0.39, 0.29) is 6.41 Å². The number of rotatable bonds is 5. The molecule has 1 amide bonds. The van der Waals surface area contributed by atoms with Gasteiger partial charge in [-0.15, -0.1) is 0 Å². The Kier molecular flexibility index (Phi) is 20.6. The van der Waals surface area contributed by atoms with E-state index in [9.17, 15) is 4.79 Å². The van der Waals surface area contributed by atoms with Crippen LogP contribution >= 0.6 is 0 Å². The first kappa shape index (κ1) is 36.7. The minimum atomic E-state index is 0.250. The summed E-state index contributed by atoms with van der Waals surface area (Å²) in [7, 11) is 2.21. The van der Waals surface area contributed by atoms with Crippen LogP contribution in [0.3, 0.4) is 0 Å². The van der Waals surface area contributed by atoms with Gasteiger partial charge in [-0.05, 0) is 87.5 Å². The normalized spacial score (nSPS) is 12.6. The Morgan fingerprint density at radius 1 is 0.975 bits per heavy atom. The molecule has 0 radical (unpaired) electrons. The van der Waals surface area contributed by atoms with Crippen molar-refractivity contribution in [1.82, 2.24) is 9.88 Å². The SMILES string of the molecule is CC.CCCC(C)C.CN1CCC(c2ccccc2)CC1.Cc1ccc(-c2cc(C=O)ccc2C)cn1.NC=O. The van der Waals surface area contributed by atoms with Gasteiger partial charge in [0.05, 0.1) is 0 Å². The zero-order valence-corrected chi connectivity index (χ0v) is 26.2. The molecule has 0 aliphatic carbocycles. The van der Waals surface area contributed by atoms with Crippen LogP contribution in [0, 0.1) is 19.8 Å². The lowest BCUT2D eigenvalue weighted by atomic mass is 9.90. The third-order valence-electron chi connectivity index (χ3n) is 6.48. The number of hydrogen-bond acceptors (Lipinski definition) is 4. The van der Waals surface area contributed by atoms with Crippen molar-refractivity contribution >= 4 is 12.7 Å². The fraction of sp³-hybridized carbons (Fsp3) is 0.457. The molecule has 40 heavy (non-hydrogen) atoms. The van der Waals surface area contributed by atoms with Crippen molar-refractivity contribution in [2.75, 3.05) is 20.1 Å². The summed E-state index contributed by atoms with van der Waals surface area (Å²) in [6.07, 6.45) is 8.30. The smallest absolute Gasteiger partial charge is 0.204 e. The average Bonchev–Trinajstić information content (AvgIpc) is 2.97. The number of benzene rings is 2. The number of nitrogens with zero attached hydrogens (tertiary/aromatic N) is 2. The first-order valence-corrected chi connectivity index (χ1v) is 14.6. The van der Waals surface area contributed by atoms with Crippen LogP contribution in [0.1, 0.15) is 93.4 Å². The molecule has 0 atom stereocenters. The van der Waals surface area contributed by atoms with Gasteiger partial charge in [-0.2, -0.15) is 0 Å². The van der Waals surface area contributed by atoms with E-state index in [1.165, 1.54) is 44.3 Å². The van der Waals surface area contributed by atoms with Crippen molar-refractivity contribution in [3.05, 3.63) is 89.2 Å². The molecule has 220 valence electrons. The maximum absolute atomic E-state index is 10.7. The van der Waals surface area contributed by atoms with Gasteiger partial charge < -0.3 is 10.6 Å². The monoisotopic (exact) mass is 547 g/mol. The summed E-state index contributed by atoms with van der Waals surface area (Å²) in [5.41, 5.74) is 10.6. The molecule has 2 heterocycles. The van der Waals surface area contributed by atoms with Crippen LogP contribution in [0.4, 0.5) is 0 Å². The first-order valence-electron chi connectivity index (χ1n) is 14.6. The number of primary amides is 1. The van der Waals surface area contributed by atoms with Crippen LogP contribution in [0.5, 0.6) is 0 Å². The van der Waals surface area contributed by atoms with E-state index in [4.69, 9.17) is 4.79 Å². The minimum absolute atomic E-state index is 0.250. The van der Waals surface area contributed by atoms with Gasteiger partial charge in [-0.1, -0.05) is 96.0 Å². The molecule has 2 N–H and O–H groups in total. The van der Waals surface area contributed by atoms with Gasteiger partial charge in [0.15, 0.2) is 0 Å². The highest BCUT2D eigenvalue weighted by atomic mass is 16.1. The summed E-state index contributed by atoms with van der Waals surface area (Å²) in [5.74, 6) is 1.70. The standard InChI is InChI=1S/C14H13NO.C12H17N.C6H14.C2H6.CH3NO/c1-10-3-5-12(9-16)7-14(10)13-6-4-11(2)15-8-13;1-13-9-7-12(8-10-13)11-5-3-2-4-6-11;1-4-5-6(2)3;1-2;2-1-3/h3-9H,1-2H3;2-6,12H,7-10H2,1H3;6H,4-5H2,1-3H3;1-2H3;1H,(H2,2,3). The van der Waals surface area contributed by atoms with Gasteiger partial charge in [0.25, 0.3) is 0 Å². The van der Waals surface area contributed by atoms with Crippen LogP contribution < -0.4 is 5.73 Å². The fourth-order valence-corrected chi connectivity index (χ4v) is 4.30. The molecule has 1 aromatic heterocycles. The van der Waals surface area contributed by atoms with Crippen LogP contribution in [0.25, 0.3) is 11.1 Å². The molecule has 1 fully saturated rings. The second-order valence-electron chi connectivity index (χ2n) is 10.2. The molecule has 0 spiro atoms. The predicted octanol–water partition coefficient (Wildman–Crippen LogP) is 8.24. The second-order valence-corrected chi connectivity index (χ2v) is 10.2. The number of likely N-dealkylation sites (tertiary alicyclic amines) is 1. The second kappa shape index (κ2) is 22.5. The van der Waals surface area contributed by atoms with Crippen LogP contribution in [0.2, 0.25) is 0 Å². The van der Waals surface area contributed by atoms with E-state index >= 15 is 0 Å². The molecule has 5 heteroatoms. The number of aryl methyl sites for hydroxylation is 2. The van der Waals surface area contributed by atoms with Crippen molar-refractivity contribution in [2.24, 2.45) is 11.7 Å². The molecule has 5 nitrogen and oxygen atoms in total. The van der Waals surface area contributed by atoms with E-state index in [1.807, 2.05) is 64.2 Å². The van der Waals surface area contributed by atoms with Gasteiger partial charge in [0.1, 0.15) is 6.29 Å². The molecule has 3 aromatic rings. The third kappa shape index (κ3) is 15.3. The number of hydrogen-bond donors (Lipinski definition) is 1. The molecule has 0 unspecified atom stereocenters. The van der Waals surface area contributed by atoms with Crippen molar-refractivity contribution in [1.29, 1.82) is 0 Å². The van der Waals surface area contributed by atoms with Gasteiger partial charge >= 0.3 is 0 Å². The van der Waals surface area contributed by atoms with Crippen molar-refractivity contribution in [3.63, 3.8) is 0 Å². The number of piperidine rings is 1. The lowest BCUT2D eigenvalue weighted by Crippen LogP contribution is -2.29. The van der Waals surface area contributed by atoms with E-state index in [1.54, 1.807) is 0 Å². The van der Waals surface area contributed by atoms with Crippen molar-refractivity contribution in [2.45, 2.75) is 80.1 Å². The summed E-state index contributed by atoms with van der Waals surface area (Å²) in [6.45, 7) is 17.2. The summed E-state index contributed by atoms with van der Waals surface area (Å²) in [5, 5.41) is 0. The zero-order valence-electron chi connectivity index (χ0n) is 26.2. The van der Waals surface area contributed by atoms with Crippen molar-refractivity contribution in [3.8, 4) is 11.1 Å². The van der Waals surface area contributed by atoms with Crippen molar-refractivity contribution < 1.29 is 9.59 Å². The highest BCUT2D eigenvalue weighted by molar-refractivity contribution is 5.80. The van der Waals surface area contributed by atoms with Crippen LogP contribution in [-0.2, 0) is 4.79 Å². The number of aromatic nitrogens is 1. The summed E-state index contributed by atoms with van der Waals surface area (Å²) in [4.78, 5) is 26.0. The van der Waals surface area contributed by atoms with Gasteiger partial charge in [-0.25, -0.2) is 0 Å². The lowest BCUT2D eigenvalue weighted by Gasteiger charge is -2.29. The summed E-state index contributed by atoms with van der Waals surface area (Å²) < 4.78 is 0. The van der Waals surface area contributed by atoms with E-state index in [0.717, 1.165) is 40.5 Å². The number of nitrogens with two attached hydrogens (primary N) is 1. The average molecular weight is 548 g/mol. The Hall–Kier alpha value is -3.31. The Bertz CT molecular complexity index is 1040. The zero-order chi connectivity index (χ0) is 30.3. The Labute approximate surface area is 244 Å². The number of pyridine rings is 1. The number of aldehydes is 1. The highest BCUT2D eigenvalue weighted by Crippen LogP contribution is 2.27. The summed E-state index contributed by atoms with van der Waals surface area (Å²) >= 11 is 0. The molecule has 1 saturated heterocycles. The van der Waals surface area contributed by atoms with E-state index < -0.39 is 0 Å². The highest BCUT2D eigenvalue weighted by Gasteiger charge is 2.17. The van der Waals surface area contributed by atoms with Gasteiger partial charge in [0, 0.05) is 23.0 Å². The molecule has 0 bridgehead atoms. The number of carbonyl (C=O) groups excluding carboxylic acids is 2. The van der Waals surface area contributed by atoms with Crippen LogP contribution in [0.15, 0.2) is 66.9 Å². The topological polar surface area (TPSA) is 76.3 Å². The lowest BCUT2D eigenvalue weighted by molar-refractivity contribution is -0.106. The maximum atomic E-state index is 10.7. The molecule has 1 aliphatic rings. The third-order valence-corrected chi connectivity index (χ3v) is 6.48. The Balaban J connectivity index is 0.000000567. The predicted molar refractivity (Wildman–Crippen MR) is 172 cm³/mol. The van der Waals surface area contributed by atoms with E-state index in [2.05, 4.69) is 73.8 Å². The number of carbonyl (C=O) groups is 2. The molecule has 2 aromatic carbocycles. The minimum Gasteiger partial charge on any atom is -0.372 e. The molecule has 1 aliphatic heterocycles. The molecule has 0 saturated carbocycles. The Morgan fingerprint density at radius 3 is 2.02 bits per heavy atom. The summed E-state index contributed by atoms with van der Waals surface area (Å²) in [6, 6.07) is 20.6. The van der Waals surface area contributed by atoms with Gasteiger partial charge in [0.2, 0.25) is 6.41 Å². The number of amides is 1. The molecular weight excluding hydrogens is 494 g/mol. The largest absolute Gasteiger partial charge is 0.372 e. The molecular formula is C35H53N3O2. The fourth-order valence-electron chi connectivity index (χ4n) is 4.30. The van der Waals surface area contributed by atoms with Crippen LogP contribution in [-0.4, -0.2) is 42.7 Å². The van der Waals surface area contributed by atoms with Gasteiger partial charge in [-0.3, -0.25) is 14.6 Å². The Morgan fingerprint density at radius 2 is 1.57 bits per heavy atom. The quantitative estimate of drug-likeness (QED) is 0.326. The molecule has 4 rings (SSSR count). The van der Waals surface area contributed by atoms with E-state index in [0.29, 0.717) is 5.56 Å². The first-order chi connectivity index (χ1) is 19.2. The maximum Gasteiger partial charge on any atom is 0.204 e.